The molecule has 1 saturated carbocycles. The summed E-state index contributed by atoms with van der Waals surface area (Å²) in [5, 5.41) is 3.94. The third-order valence-electron chi connectivity index (χ3n) is 7.03. The molecular formula is C30H33F2N3O2. The first-order valence-corrected chi connectivity index (χ1v) is 12.9. The van der Waals surface area contributed by atoms with Gasteiger partial charge in [0.15, 0.2) is 11.6 Å². The number of carbonyl (C=O) groups is 1. The van der Waals surface area contributed by atoms with Gasteiger partial charge in [0, 0.05) is 41.6 Å². The normalized spacial score (nSPS) is 17.1. The summed E-state index contributed by atoms with van der Waals surface area (Å²) < 4.78 is 33.2. The van der Waals surface area contributed by atoms with Gasteiger partial charge in [-0.1, -0.05) is 26.0 Å². The van der Waals surface area contributed by atoms with Gasteiger partial charge in [0.25, 0.3) is 5.91 Å². The highest BCUT2D eigenvalue weighted by Gasteiger charge is 2.25. The van der Waals surface area contributed by atoms with Crippen LogP contribution in [0.2, 0.25) is 0 Å². The van der Waals surface area contributed by atoms with E-state index in [9.17, 15) is 13.6 Å². The summed E-state index contributed by atoms with van der Waals surface area (Å²) in [6, 6.07) is 11.4. The average molecular weight is 506 g/mol. The monoisotopic (exact) mass is 505 g/mol. The van der Waals surface area contributed by atoms with Crippen LogP contribution in [0, 0.1) is 17.6 Å². The number of aromatic amines is 1. The highest BCUT2D eigenvalue weighted by Crippen LogP contribution is 2.38. The molecule has 0 atom stereocenters. The average Bonchev–Trinajstić information content (AvgIpc) is 3.43. The standard InChI is InChI=1S/C28H27F2N3O2.C2H6/c1-35-27-21(3-2-4-25(27)30)23-15-31-16-24(23)28(34)33-14-17-5-7-18(8-6-17)20-11-12-32-26-10-9-19(29)13-22(20)26;1-2/h2-4,9-13,15-18,31H,5-8,14H2,1H3,(H,33,34);1-2H3. The number of halogens is 2. The van der Waals surface area contributed by atoms with Crippen LogP contribution >= 0.6 is 0 Å². The number of nitrogens with zero attached hydrogens (tertiary/aromatic N) is 1. The maximum absolute atomic E-state index is 14.2. The number of hydrogen-bond donors (Lipinski definition) is 2. The molecule has 0 aliphatic heterocycles. The summed E-state index contributed by atoms with van der Waals surface area (Å²) in [6.45, 7) is 4.57. The minimum absolute atomic E-state index is 0.114. The molecule has 0 radical (unpaired) electrons. The number of aromatic nitrogens is 2. The van der Waals surface area contributed by atoms with Crippen molar-refractivity contribution in [3.8, 4) is 16.9 Å². The van der Waals surface area contributed by atoms with E-state index in [0.29, 0.717) is 35.1 Å². The Labute approximate surface area is 216 Å². The smallest absolute Gasteiger partial charge is 0.253 e. The molecule has 4 aromatic rings. The van der Waals surface area contributed by atoms with Gasteiger partial charge in [-0.05, 0) is 73.4 Å². The molecule has 2 aromatic carbocycles. The van der Waals surface area contributed by atoms with E-state index < -0.39 is 5.82 Å². The summed E-state index contributed by atoms with van der Waals surface area (Å²) in [5.74, 6) is -0.0902. The Morgan fingerprint density at radius 2 is 1.84 bits per heavy atom. The molecule has 2 aromatic heterocycles. The van der Waals surface area contributed by atoms with Crippen LogP contribution < -0.4 is 10.1 Å². The number of rotatable bonds is 6. The molecule has 1 aliphatic carbocycles. The van der Waals surface area contributed by atoms with Gasteiger partial charge in [-0.25, -0.2) is 8.78 Å². The fourth-order valence-electron chi connectivity index (χ4n) is 5.21. The third-order valence-corrected chi connectivity index (χ3v) is 7.03. The second-order valence-electron chi connectivity index (χ2n) is 9.09. The van der Waals surface area contributed by atoms with Crippen LogP contribution in [0.5, 0.6) is 5.75 Å². The zero-order chi connectivity index (χ0) is 26.4. The van der Waals surface area contributed by atoms with Gasteiger partial charge >= 0.3 is 0 Å². The Kier molecular flexibility index (Phi) is 8.54. The highest BCUT2D eigenvalue weighted by atomic mass is 19.1. The predicted molar refractivity (Wildman–Crippen MR) is 143 cm³/mol. The summed E-state index contributed by atoms with van der Waals surface area (Å²) in [7, 11) is 1.41. The van der Waals surface area contributed by atoms with Crippen LogP contribution in [0.25, 0.3) is 22.0 Å². The number of carbonyl (C=O) groups excluding carboxylic acids is 1. The molecule has 0 unspecified atom stereocenters. The number of amides is 1. The summed E-state index contributed by atoms with van der Waals surface area (Å²) in [4.78, 5) is 20.3. The van der Waals surface area contributed by atoms with Gasteiger partial charge < -0.3 is 15.0 Å². The Bertz CT molecular complexity index is 1360. The zero-order valence-corrected chi connectivity index (χ0v) is 21.5. The molecule has 1 aliphatic rings. The number of fused-ring (bicyclic) bond motifs is 1. The lowest BCUT2D eigenvalue weighted by Gasteiger charge is -2.29. The lowest BCUT2D eigenvalue weighted by atomic mass is 9.78. The summed E-state index contributed by atoms with van der Waals surface area (Å²) >= 11 is 0. The van der Waals surface area contributed by atoms with Gasteiger partial charge in [-0.3, -0.25) is 9.78 Å². The first-order valence-electron chi connectivity index (χ1n) is 12.9. The molecule has 1 amide bonds. The van der Waals surface area contributed by atoms with E-state index in [4.69, 9.17) is 4.74 Å². The van der Waals surface area contributed by atoms with Crippen molar-refractivity contribution in [2.24, 2.45) is 5.92 Å². The van der Waals surface area contributed by atoms with Gasteiger partial charge in [-0.2, -0.15) is 0 Å². The fourth-order valence-corrected chi connectivity index (χ4v) is 5.21. The molecule has 0 saturated heterocycles. The molecule has 0 spiro atoms. The van der Waals surface area contributed by atoms with Crippen molar-refractivity contribution in [2.75, 3.05) is 13.7 Å². The predicted octanol–water partition coefficient (Wildman–Crippen LogP) is 7.25. The van der Waals surface area contributed by atoms with Crippen LogP contribution in [0.3, 0.4) is 0 Å². The SMILES string of the molecule is CC.COc1c(F)cccc1-c1c[nH]cc1C(=O)NCC1CCC(c2ccnc3ccc(F)cc23)CC1. The summed E-state index contributed by atoms with van der Waals surface area (Å²) in [6.07, 6.45) is 9.00. The van der Waals surface area contributed by atoms with Gasteiger partial charge in [0.1, 0.15) is 5.82 Å². The van der Waals surface area contributed by atoms with Gasteiger partial charge in [0.05, 0.1) is 18.2 Å². The number of benzene rings is 2. The number of methoxy groups -OCH3 is 1. The second kappa shape index (κ2) is 12.0. The van der Waals surface area contributed by atoms with Gasteiger partial charge in [-0.15, -0.1) is 0 Å². The zero-order valence-electron chi connectivity index (χ0n) is 21.5. The van der Waals surface area contributed by atoms with E-state index in [2.05, 4.69) is 15.3 Å². The molecule has 2 heterocycles. The molecule has 0 bridgehead atoms. The summed E-state index contributed by atoms with van der Waals surface area (Å²) in [5.41, 5.74) is 3.54. The lowest BCUT2D eigenvalue weighted by Crippen LogP contribution is -2.31. The van der Waals surface area contributed by atoms with Crippen molar-refractivity contribution in [1.29, 1.82) is 0 Å². The molecule has 1 fully saturated rings. The Balaban J connectivity index is 0.00000156. The van der Waals surface area contributed by atoms with E-state index in [-0.39, 0.29) is 17.5 Å². The molecule has 194 valence electrons. The number of para-hydroxylation sites is 1. The molecule has 5 nitrogen and oxygen atoms in total. The van der Waals surface area contributed by atoms with E-state index in [1.807, 2.05) is 19.9 Å². The number of pyridine rings is 1. The topological polar surface area (TPSA) is 67.0 Å². The largest absolute Gasteiger partial charge is 0.493 e. The fraction of sp³-hybridized carbons (Fsp3) is 0.333. The molecule has 2 N–H and O–H groups in total. The minimum Gasteiger partial charge on any atom is -0.493 e. The van der Waals surface area contributed by atoms with E-state index in [1.165, 1.54) is 19.2 Å². The quantitative estimate of drug-likeness (QED) is 0.290. The van der Waals surface area contributed by atoms with Crippen molar-refractivity contribution in [3.05, 3.63) is 83.8 Å². The Morgan fingerprint density at radius 1 is 1.05 bits per heavy atom. The molecular weight excluding hydrogens is 472 g/mol. The number of ether oxygens (including phenoxy) is 1. The van der Waals surface area contributed by atoms with Crippen LogP contribution in [0.1, 0.15) is 61.4 Å². The lowest BCUT2D eigenvalue weighted by molar-refractivity contribution is 0.0943. The number of hydrogen-bond acceptors (Lipinski definition) is 3. The molecule has 37 heavy (non-hydrogen) atoms. The van der Waals surface area contributed by atoms with E-state index >= 15 is 0 Å². The van der Waals surface area contributed by atoms with Gasteiger partial charge in [0.2, 0.25) is 0 Å². The third kappa shape index (κ3) is 5.66. The van der Waals surface area contributed by atoms with Crippen LogP contribution in [-0.2, 0) is 0 Å². The van der Waals surface area contributed by atoms with Crippen LogP contribution in [0.4, 0.5) is 8.78 Å². The Morgan fingerprint density at radius 3 is 2.59 bits per heavy atom. The van der Waals surface area contributed by atoms with Crippen molar-refractivity contribution < 1.29 is 18.3 Å². The van der Waals surface area contributed by atoms with E-state index in [1.54, 1.807) is 42.9 Å². The maximum Gasteiger partial charge on any atom is 0.253 e. The van der Waals surface area contributed by atoms with Crippen LogP contribution in [0.15, 0.2) is 61.1 Å². The van der Waals surface area contributed by atoms with E-state index in [0.717, 1.165) is 42.1 Å². The number of nitrogens with one attached hydrogen (secondary N) is 2. The van der Waals surface area contributed by atoms with Crippen molar-refractivity contribution >= 4 is 16.8 Å². The minimum atomic E-state index is -0.473. The van der Waals surface area contributed by atoms with Crippen molar-refractivity contribution in [2.45, 2.75) is 45.4 Å². The maximum atomic E-state index is 14.2. The second-order valence-corrected chi connectivity index (χ2v) is 9.09. The molecule has 5 rings (SSSR count). The van der Waals surface area contributed by atoms with Crippen LogP contribution in [-0.4, -0.2) is 29.5 Å². The van der Waals surface area contributed by atoms with Crippen molar-refractivity contribution in [1.82, 2.24) is 15.3 Å². The first kappa shape index (κ1) is 26.3. The number of H-pyrrole nitrogens is 1. The van der Waals surface area contributed by atoms with Crippen molar-refractivity contribution in [3.63, 3.8) is 0 Å². The highest BCUT2D eigenvalue weighted by molar-refractivity contribution is 6.01. The first-order chi connectivity index (χ1) is 18.0. The Hall–Kier alpha value is -3.74. The molecule has 7 heteroatoms.